The standard InChI is InChI=1S/C14H15Cl2NS/c1-2-7-17-13(14-12(16)6-8-18-14)10-4-3-5-11(15)9-10/h3-6,8-9,13,17H,2,7H2,1H3. The summed E-state index contributed by atoms with van der Waals surface area (Å²) in [5.74, 6) is 0. The minimum Gasteiger partial charge on any atom is -0.306 e. The van der Waals surface area contributed by atoms with Crippen LogP contribution in [0.5, 0.6) is 0 Å². The molecule has 0 saturated carbocycles. The molecule has 1 aromatic heterocycles. The van der Waals surface area contributed by atoms with E-state index in [1.54, 1.807) is 11.3 Å². The lowest BCUT2D eigenvalue weighted by Gasteiger charge is -2.18. The molecule has 0 radical (unpaired) electrons. The lowest BCUT2D eigenvalue weighted by atomic mass is 10.1. The van der Waals surface area contributed by atoms with E-state index in [9.17, 15) is 0 Å². The van der Waals surface area contributed by atoms with E-state index >= 15 is 0 Å². The van der Waals surface area contributed by atoms with E-state index in [1.165, 1.54) is 0 Å². The number of hydrogen-bond acceptors (Lipinski definition) is 2. The van der Waals surface area contributed by atoms with Crippen LogP contribution in [0.25, 0.3) is 0 Å². The topological polar surface area (TPSA) is 12.0 Å². The second-order valence-electron chi connectivity index (χ2n) is 4.07. The zero-order valence-electron chi connectivity index (χ0n) is 10.1. The Morgan fingerprint density at radius 1 is 1.28 bits per heavy atom. The molecule has 1 atom stereocenters. The summed E-state index contributed by atoms with van der Waals surface area (Å²) in [6, 6.07) is 9.99. The molecule has 1 N–H and O–H groups in total. The summed E-state index contributed by atoms with van der Waals surface area (Å²) in [6.07, 6.45) is 1.08. The Balaban J connectivity index is 2.33. The van der Waals surface area contributed by atoms with Crippen molar-refractivity contribution < 1.29 is 0 Å². The monoisotopic (exact) mass is 299 g/mol. The molecular formula is C14H15Cl2NS. The highest BCUT2D eigenvalue weighted by Gasteiger charge is 2.17. The first-order valence-corrected chi connectivity index (χ1v) is 7.57. The van der Waals surface area contributed by atoms with E-state index in [0.717, 1.165) is 33.5 Å². The number of benzene rings is 1. The highest BCUT2D eigenvalue weighted by atomic mass is 35.5. The fourth-order valence-corrected chi connectivity index (χ4v) is 3.31. The number of halogens is 2. The van der Waals surface area contributed by atoms with Gasteiger partial charge in [-0.1, -0.05) is 42.3 Å². The average Bonchev–Trinajstić information content (AvgIpc) is 2.77. The zero-order chi connectivity index (χ0) is 13.0. The van der Waals surface area contributed by atoms with Gasteiger partial charge in [-0.25, -0.2) is 0 Å². The molecular weight excluding hydrogens is 285 g/mol. The molecule has 1 heterocycles. The van der Waals surface area contributed by atoms with Crippen LogP contribution in [0, 0.1) is 0 Å². The summed E-state index contributed by atoms with van der Waals surface area (Å²) >= 11 is 14.0. The van der Waals surface area contributed by atoms with Gasteiger partial charge in [0.15, 0.2) is 0 Å². The Morgan fingerprint density at radius 3 is 2.72 bits per heavy atom. The molecule has 0 aliphatic carbocycles. The van der Waals surface area contributed by atoms with Crippen molar-refractivity contribution in [2.45, 2.75) is 19.4 Å². The molecule has 1 unspecified atom stereocenters. The van der Waals surface area contributed by atoms with Gasteiger partial charge in [0.25, 0.3) is 0 Å². The Labute approximate surface area is 122 Å². The van der Waals surface area contributed by atoms with Crippen molar-refractivity contribution in [3.8, 4) is 0 Å². The van der Waals surface area contributed by atoms with Crippen molar-refractivity contribution in [1.82, 2.24) is 5.32 Å². The summed E-state index contributed by atoms with van der Waals surface area (Å²) in [5, 5.41) is 7.11. The van der Waals surface area contributed by atoms with Crippen LogP contribution in [0.2, 0.25) is 10.0 Å². The van der Waals surface area contributed by atoms with E-state index in [4.69, 9.17) is 23.2 Å². The lowest BCUT2D eigenvalue weighted by Crippen LogP contribution is -2.22. The lowest BCUT2D eigenvalue weighted by molar-refractivity contribution is 0.606. The molecule has 0 aliphatic heterocycles. The Kier molecular flexibility index (Phi) is 5.07. The van der Waals surface area contributed by atoms with E-state index in [-0.39, 0.29) is 6.04 Å². The first kappa shape index (κ1) is 13.9. The van der Waals surface area contributed by atoms with E-state index in [0.29, 0.717) is 0 Å². The molecule has 0 fully saturated rings. The molecule has 1 nitrogen and oxygen atoms in total. The maximum Gasteiger partial charge on any atom is 0.0686 e. The number of rotatable bonds is 5. The summed E-state index contributed by atoms with van der Waals surface area (Å²) in [4.78, 5) is 1.15. The van der Waals surface area contributed by atoms with Crippen molar-refractivity contribution >= 4 is 34.5 Å². The summed E-state index contributed by atoms with van der Waals surface area (Å²) in [6.45, 7) is 3.10. The Morgan fingerprint density at radius 2 is 2.11 bits per heavy atom. The smallest absolute Gasteiger partial charge is 0.0686 e. The van der Waals surface area contributed by atoms with Crippen LogP contribution in [-0.2, 0) is 0 Å². The van der Waals surface area contributed by atoms with Gasteiger partial charge in [0, 0.05) is 9.90 Å². The minimum absolute atomic E-state index is 0.121. The van der Waals surface area contributed by atoms with Crippen LogP contribution in [-0.4, -0.2) is 6.54 Å². The van der Waals surface area contributed by atoms with Crippen molar-refractivity contribution in [2.75, 3.05) is 6.54 Å². The van der Waals surface area contributed by atoms with Gasteiger partial charge in [-0.2, -0.15) is 0 Å². The van der Waals surface area contributed by atoms with Crippen LogP contribution in [0.4, 0.5) is 0 Å². The molecule has 4 heteroatoms. The second-order valence-corrected chi connectivity index (χ2v) is 5.87. The molecule has 2 aromatic rings. The quantitative estimate of drug-likeness (QED) is 0.805. The van der Waals surface area contributed by atoms with Crippen LogP contribution in [0.15, 0.2) is 35.7 Å². The molecule has 0 aliphatic rings. The summed E-state index contributed by atoms with van der Waals surface area (Å²) in [7, 11) is 0. The van der Waals surface area contributed by atoms with Crippen LogP contribution >= 0.6 is 34.5 Å². The molecule has 1 aromatic carbocycles. The highest BCUT2D eigenvalue weighted by molar-refractivity contribution is 7.10. The molecule has 0 bridgehead atoms. The normalized spacial score (nSPS) is 12.6. The van der Waals surface area contributed by atoms with Gasteiger partial charge in [0.2, 0.25) is 0 Å². The van der Waals surface area contributed by atoms with Gasteiger partial charge in [0.1, 0.15) is 0 Å². The largest absolute Gasteiger partial charge is 0.306 e. The molecule has 0 spiro atoms. The Bertz CT molecular complexity index is 510. The van der Waals surface area contributed by atoms with Gasteiger partial charge in [-0.15, -0.1) is 11.3 Å². The van der Waals surface area contributed by atoms with E-state index in [2.05, 4.69) is 18.3 Å². The second kappa shape index (κ2) is 6.58. The fraction of sp³-hybridized carbons (Fsp3) is 0.286. The average molecular weight is 300 g/mol. The molecule has 96 valence electrons. The first-order valence-electron chi connectivity index (χ1n) is 5.94. The van der Waals surface area contributed by atoms with Gasteiger partial charge >= 0.3 is 0 Å². The Hall–Kier alpha value is -0.540. The van der Waals surface area contributed by atoms with E-state index < -0.39 is 0 Å². The van der Waals surface area contributed by atoms with Gasteiger partial charge in [-0.3, -0.25) is 0 Å². The maximum atomic E-state index is 6.24. The van der Waals surface area contributed by atoms with Gasteiger partial charge in [0.05, 0.1) is 11.1 Å². The third kappa shape index (κ3) is 3.27. The molecule has 2 rings (SSSR count). The van der Waals surface area contributed by atoms with Crippen molar-refractivity contribution in [3.05, 3.63) is 56.2 Å². The summed E-state index contributed by atoms with van der Waals surface area (Å²) < 4.78 is 0. The predicted octanol–water partition coefficient (Wildman–Crippen LogP) is 5.14. The number of hydrogen-bond donors (Lipinski definition) is 1. The fourth-order valence-electron chi connectivity index (χ4n) is 1.85. The van der Waals surface area contributed by atoms with Crippen molar-refractivity contribution in [2.24, 2.45) is 0 Å². The van der Waals surface area contributed by atoms with Gasteiger partial charge in [-0.05, 0) is 42.1 Å². The third-order valence-electron chi connectivity index (χ3n) is 2.69. The zero-order valence-corrected chi connectivity index (χ0v) is 12.4. The van der Waals surface area contributed by atoms with Gasteiger partial charge < -0.3 is 5.32 Å². The van der Waals surface area contributed by atoms with Crippen LogP contribution < -0.4 is 5.32 Å². The number of thiophene rings is 1. The summed E-state index contributed by atoms with van der Waals surface area (Å²) in [5.41, 5.74) is 1.15. The molecule has 18 heavy (non-hydrogen) atoms. The van der Waals surface area contributed by atoms with Crippen molar-refractivity contribution in [3.63, 3.8) is 0 Å². The molecule has 0 amide bonds. The minimum atomic E-state index is 0.121. The number of nitrogens with one attached hydrogen (secondary N) is 1. The maximum absolute atomic E-state index is 6.24. The first-order chi connectivity index (χ1) is 8.72. The van der Waals surface area contributed by atoms with E-state index in [1.807, 2.05) is 29.6 Å². The van der Waals surface area contributed by atoms with Crippen LogP contribution in [0.1, 0.15) is 29.8 Å². The molecule has 0 saturated heterocycles. The highest BCUT2D eigenvalue weighted by Crippen LogP contribution is 2.33. The predicted molar refractivity (Wildman–Crippen MR) is 80.9 cm³/mol. The van der Waals surface area contributed by atoms with Crippen molar-refractivity contribution in [1.29, 1.82) is 0 Å². The SMILES string of the molecule is CCCNC(c1cccc(Cl)c1)c1sccc1Cl. The van der Waals surface area contributed by atoms with Crippen LogP contribution in [0.3, 0.4) is 0 Å². The third-order valence-corrected chi connectivity index (χ3v) is 4.35.